The third-order valence-electron chi connectivity index (χ3n) is 4.25. The summed E-state index contributed by atoms with van der Waals surface area (Å²) >= 11 is 13.2. The number of hydrogen-bond acceptors (Lipinski definition) is 4. The predicted molar refractivity (Wildman–Crippen MR) is 97.7 cm³/mol. The quantitative estimate of drug-likeness (QED) is 0.440. The second-order valence-electron chi connectivity index (χ2n) is 6.10. The van der Waals surface area contributed by atoms with E-state index in [9.17, 15) is 18.0 Å². The van der Waals surface area contributed by atoms with Crippen LogP contribution in [0.4, 0.5) is 13.2 Å². The largest absolute Gasteiger partial charge is 0.465 e. The Morgan fingerprint density at radius 2 is 1.82 bits per heavy atom. The third-order valence-corrected chi connectivity index (χ3v) is 5.02. The van der Waals surface area contributed by atoms with E-state index in [1.807, 2.05) is 0 Å². The van der Waals surface area contributed by atoms with E-state index < -0.39 is 22.2 Å². The van der Waals surface area contributed by atoms with Crippen molar-refractivity contribution in [2.24, 2.45) is 0 Å². The number of rotatable bonds is 3. The van der Waals surface area contributed by atoms with E-state index >= 15 is 0 Å². The fourth-order valence-electron chi connectivity index (χ4n) is 2.89. The number of methoxy groups -OCH3 is 1. The van der Waals surface area contributed by atoms with Crippen molar-refractivity contribution < 1.29 is 22.7 Å². The maximum Gasteiger partial charge on any atom is 0.435 e. The van der Waals surface area contributed by atoms with Gasteiger partial charge in [-0.25, -0.2) is 14.3 Å². The molecule has 0 unspecified atom stereocenters. The smallest absolute Gasteiger partial charge is 0.435 e. The van der Waals surface area contributed by atoms with E-state index in [0.717, 1.165) is 10.6 Å². The Morgan fingerprint density at radius 3 is 2.43 bits per heavy atom. The maximum absolute atomic E-state index is 13.1. The zero-order valence-corrected chi connectivity index (χ0v) is 16.4. The van der Waals surface area contributed by atoms with Gasteiger partial charge >= 0.3 is 12.1 Å². The molecule has 5 nitrogen and oxygen atoms in total. The van der Waals surface area contributed by atoms with E-state index in [-0.39, 0.29) is 33.7 Å². The molecule has 0 saturated carbocycles. The van der Waals surface area contributed by atoms with Gasteiger partial charge in [0.15, 0.2) is 15.7 Å². The highest BCUT2D eigenvalue weighted by Crippen LogP contribution is 2.44. The fourth-order valence-corrected chi connectivity index (χ4v) is 3.57. The number of alkyl halides is 5. The van der Waals surface area contributed by atoms with Crippen LogP contribution in [0, 0.1) is 13.8 Å². The fraction of sp³-hybridized carbons (Fsp3) is 0.278. The molecule has 10 heteroatoms. The normalized spacial score (nSPS) is 12.4. The van der Waals surface area contributed by atoms with E-state index in [0.29, 0.717) is 0 Å². The molecule has 2 aromatic heterocycles. The second kappa shape index (κ2) is 6.93. The van der Waals surface area contributed by atoms with Crippen molar-refractivity contribution in [2.45, 2.75) is 24.4 Å². The molecule has 0 aliphatic rings. The van der Waals surface area contributed by atoms with Gasteiger partial charge in [-0.1, -0.05) is 41.4 Å². The Hall–Kier alpha value is -2.32. The topological polar surface area (TPSA) is 56.5 Å². The van der Waals surface area contributed by atoms with Gasteiger partial charge in [0.25, 0.3) is 0 Å². The van der Waals surface area contributed by atoms with Crippen LogP contribution in [0.5, 0.6) is 0 Å². The summed E-state index contributed by atoms with van der Waals surface area (Å²) in [6.45, 7) is 2.98. The van der Waals surface area contributed by atoms with Crippen molar-refractivity contribution in [1.29, 1.82) is 0 Å². The molecule has 0 aliphatic heterocycles. The summed E-state index contributed by atoms with van der Waals surface area (Å²) in [5.74, 6) is -0.656. The second-order valence-corrected chi connectivity index (χ2v) is 7.43. The summed E-state index contributed by atoms with van der Waals surface area (Å²) in [7, 11) is 1.21. The number of carbonyl (C=O) groups is 1. The van der Waals surface area contributed by atoms with Crippen LogP contribution >= 0.6 is 23.2 Å². The van der Waals surface area contributed by atoms with Crippen LogP contribution in [0.15, 0.2) is 30.3 Å². The van der Waals surface area contributed by atoms with Crippen LogP contribution in [0.25, 0.3) is 5.65 Å². The van der Waals surface area contributed by atoms with Crippen molar-refractivity contribution in [3.63, 3.8) is 0 Å². The molecule has 3 rings (SSSR count). The van der Waals surface area contributed by atoms with Crippen LogP contribution in [0.2, 0.25) is 0 Å². The van der Waals surface area contributed by atoms with Gasteiger partial charge < -0.3 is 4.74 Å². The summed E-state index contributed by atoms with van der Waals surface area (Å²) in [5.41, 5.74) is -0.0217. The van der Waals surface area contributed by atoms with Crippen molar-refractivity contribution in [3.8, 4) is 0 Å². The predicted octanol–water partition coefficient (Wildman–Crippen LogP) is 4.83. The first kappa shape index (κ1) is 20.4. The minimum atomic E-state index is -4.62. The summed E-state index contributed by atoms with van der Waals surface area (Å²) in [6.07, 6.45) is -4.62. The summed E-state index contributed by atoms with van der Waals surface area (Å²) in [4.78, 5) is 16.4. The molecule has 0 saturated heterocycles. The van der Waals surface area contributed by atoms with Crippen LogP contribution in [0.3, 0.4) is 0 Å². The number of carbonyl (C=O) groups excluding carboxylic acids is 1. The van der Waals surface area contributed by atoms with E-state index in [4.69, 9.17) is 27.9 Å². The number of halogens is 5. The average Bonchev–Trinajstić information content (AvgIpc) is 2.98. The van der Waals surface area contributed by atoms with Gasteiger partial charge in [0.1, 0.15) is 5.69 Å². The van der Waals surface area contributed by atoms with Crippen molar-refractivity contribution in [2.75, 3.05) is 7.11 Å². The molecule has 0 aliphatic carbocycles. The number of esters is 1. The number of benzene rings is 1. The summed E-state index contributed by atoms with van der Waals surface area (Å²) in [6, 6.07) is 7.14. The minimum Gasteiger partial charge on any atom is -0.465 e. The molecule has 0 fully saturated rings. The van der Waals surface area contributed by atoms with Crippen LogP contribution in [-0.2, 0) is 15.2 Å². The Bertz CT molecular complexity index is 1080. The molecule has 1 aromatic carbocycles. The molecule has 0 spiro atoms. The Balaban J connectivity index is 2.26. The van der Waals surface area contributed by atoms with Crippen molar-refractivity contribution >= 4 is 34.8 Å². The number of imidazole rings is 1. The van der Waals surface area contributed by atoms with E-state index in [2.05, 4.69) is 10.1 Å². The van der Waals surface area contributed by atoms with Gasteiger partial charge in [0.2, 0.25) is 0 Å². The molecule has 0 bridgehead atoms. The highest BCUT2D eigenvalue weighted by molar-refractivity contribution is 6.50. The third kappa shape index (κ3) is 3.31. The standard InChI is InChI=1S/C18H14Cl2F3N3O2/c1-9-8-13(18(21,22)23)25-26-10(2)14(24-15(9)26)17(19,20)12-7-5-4-6-11(12)16(27)28-3/h4-8H,1-3H3. The molecule has 28 heavy (non-hydrogen) atoms. The molecule has 0 amide bonds. The first-order chi connectivity index (χ1) is 13.0. The van der Waals surface area contributed by atoms with Gasteiger partial charge in [-0.15, -0.1) is 0 Å². The van der Waals surface area contributed by atoms with Crippen LogP contribution in [-0.4, -0.2) is 27.7 Å². The van der Waals surface area contributed by atoms with Gasteiger partial charge in [-0.2, -0.15) is 18.3 Å². The molecule has 0 radical (unpaired) electrons. The maximum atomic E-state index is 13.1. The highest BCUT2D eigenvalue weighted by Gasteiger charge is 2.39. The van der Waals surface area contributed by atoms with Crippen LogP contribution < -0.4 is 0 Å². The van der Waals surface area contributed by atoms with Gasteiger partial charge in [0.05, 0.1) is 18.4 Å². The van der Waals surface area contributed by atoms with Gasteiger partial charge in [0, 0.05) is 5.56 Å². The number of aromatic nitrogens is 3. The number of nitrogens with zero attached hydrogens (tertiary/aromatic N) is 3. The van der Waals surface area contributed by atoms with Crippen molar-refractivity contribution in [1.82, 2.24) is 14.6 Å². The average molecular weight is 432 g/mol. The number of ether oxygens (including phenoxy) is 1. The van der Waals surface area contributed by atoms with E-state index in [1.54, 1.807) is 12.1 Å². The van der Waals surface area contributed by atoms with Gasteiger partial charge in [-0.3, -0.25) is 0 Å². The molecule has 0 N–H and O–H groups in total. The first-order valence-corrected chi connectivity index (χ1v) is 8.74. The lowest BCUT2D eigenvalue weighted by Crippen LogP contribution is -2.19. The monoisotopic (exact) mass is 431 g/mol. The molecule has 148 valence electrons. The molecular weight excluding hydrogens is 418 g/mol. The van der Waals surface area contributed by atoms with Crippen molar-refractivity contribution in [3.05, 3.63) is 64.1 Å². The number of aryl methyl sites for hydroxylation is 2. The summed E-state index contributed by atoms with van der Waals surface area (Å²) in [5, 5.41) is 3.63. The number of fused-ring (bicyclic) bond motifs is 1. The van der Waals surface area contributed by atoms with E-state index in [1.165, 1.54) is 33.1 Å². The highest BCUT2D eigenvalue weighted by atomic mass is 35.5. The molecule has 2 heterocycles. The van der Waals surface area contributed by atoms with Gasteiger partial charge in [-0.05, 0) is 31.5 Å². The SMILES string of the molecule is COC(=O)c1ccccc1C(Cl)(Cl)c1nc2c(C)cc(C(F)(F)F)nn2c1C. The molecule has 3 aromatic rings. The Kier molecular flexibility index (Phi) is 5.05. The summed E-state index contributed by atoms with van der Waals surface area (Å²) < 4.78 is 43.3. The molecule has 0 atom stereocenters. The molecular formula is C18H14Cl2F3N3O2. The minimum absolute atomic E-state index is 0.0714. The zero-order chi connectivity index (χ0) is 20.9. The lowest BCUT2D eigenvalue weighted by Gasteiger charge is -2.21. The van der Waals surface area contributed by atoms with Crippen LogP contribution in [0.1, 0.15) is 38.6 Å². The Morgan fingerprint density at radius 1 is 1.18 bits per heavy atom. The Labute approximate surface area is 168 Å². The lowest BCUT2D eigenvalue weighted by atomic mass is 10.0. The zero-order valence-electron chi connectivity index (χ0n) is 14.9. The first-order valence-electron chi connectivity index (χ1n) is 7.98. The number of hydrogen-bond donors (Lipinski definition) is 0. The lowest BCUT2D eigenvalue weighted by molar-refractivity contribution is -0.141.